The average Bonchev–Trinajstić information content (AvgIpc) is 3.84. The van der Waals surface area contributed by atoms with Gasteiger partial charge in [0.1, 0.15) is 0 Å². The van der Waals surface area contributed by atoms with Crippen molar-refractivity contribution in [3.05, 3.63) is 165 Å². The van der Waals surface area contributed by atoms with Crippen molar-refractivity contribution in [1.29, 1.82) is 0 Å². The van der Waals surface area contributed by atoms with Crippen LogP contribution in [0.3, 0.4) is 0 Å². The molecule has 0 radical (unpaired) electrons. The zero-order valence-corrected chi connectivity index (χ0v) is 40.4. The van der Waals surface area contributed by atoms with Gasteiger partial charge in [0.15, 0.2) is 0 Å². The predicted octanol–water partition coefficient (Wildman–Crippen LogP) is 14.1. The number of alkyl halides is 9. The lowest BCUT2D eigenvalue weighted by atomic mass is 9.34. The molecule has 4 aliphatic rings. The molecule has 73 heavy (non-hydrogen) atoms. The first kappa shape index (κ1) is 44.4. The van der Waals surface area contributed by atoms with E-state index in [1.807, 2.05) is 72.7 Å². The molecule has 0 N–H and O–H groups in total. The normalized spacial score (nSPS) is 14.0. The molecule has 0 spiro atoms. The van der Waals surface area contributed by atoms with E-state index in [-0.39, 0.29) is 16.7 Å². The average molecular weight is 977 g/mol. The van der Waals surface area contributed by atoms with Crippen LogP contribution in [0.15, 0.2) is 109 Å². The monoisotopic (exact) mass is 976 g/mol. The van der Waals surface area contributed by atoms with Crippen LogP contribution in [0.5, 0.6) is 0 Å². The summed E-state index contributed by atoms with van der Waals surface area (Å²) < 4.78 is 136. The zero-order chi connectivity index (χ0) is 51.0. The Balaban J connectivity index is 1.26. The van der Waals surface area contributed by atoms with E-state index in [4.69, 9.17) is 0 Å². The van der Waals surface area contributed by atoms with Crippen LogP contribution in [-0.2, 0) is 18.5 Å². The minimum absolute atomic E-state index is 0.0991. The molecule has 356 valence electrons. The Hall–Kier alpha value is -7.26. The van der Waals surface area contributed by atoms with E-state index >= 15 is 26.3 Å². The van der Waals surface area contributed by atoms with Gasteiger partial charge in [-0.3, -0.25) is 0 Å². The van der Waals surface area contributed by atoms with Crippen molar-refractivity contribution in [2.24, 2.45) is 0 Å². The molecule has 10 aromatic rings. The predicted molar refractivity (Wildman–Crippen MR) is 280 cm³/mol. The fraction of sp³-hybridized carbons (Fsp3) is 0.161. The van der Waals surface area contributed by atoms with E-state index in [1.165, 1.54) is 18.2 Å². The largest absolute Gasteiger partial charge is 0.416 e. The first-order valence-electron chi connectivity index (χ1n) is 24.3. The van der Waals surface area contributed by atoms with Gasteiger partial charge in [-0.25, -0.2) is 0 Å². The Kier molecular flexibility index (Phi) is 8.56. The Labute approximate surface area is 415 Å². The molecule has 0 bridgehead atoms. The van der Waals surface area contributed by atoms with E-state index in [1.54, 1.807) is 0 Å². The second kappa shape index (κ2) is 14.1. The van der Waals surface area contributed by atoms with Crippen LogP contribution in [0.25, 0.3) is 99.1 Å². The number of aryl methyl sites for hydroxylation is 7. The second-order valence-electron chi connectivity index (χ2n) is 21.2. The van der Waals surface area contributed by atoms with Crippen LogP contribution >= 0.6 is 0 Å². The Morgan fingerprint density at radius 2 is 0.644 bits per heavy atom. The van der Waals surface area contributed by atoms with E-state index < -0.39 is 48.6 Å². The van der Waals surface area contributed by atoms with Crippen molar-refractivity contribution < 1.29 is 39.5 Å². The van der Waals surface area contributed by atoms with Crippen LogP contribution < -0.4 is 32.8 Å². The zero-order valence-electron chi connectivity index (χ0n) is 40.4. The minimum atomic E-state index is -4.85. The summed E-state index contributed by atoms with van der Waals surface area (Å²) >= 11 is 0. The molecule has 0 saturated carbocycles. The lowest BCUT2D eigenvalue weighted by Crippen LogP contribution is -2.53. The highest BCUT2D eigenvalue weighted by Gasteiger charge is 2.48. The fourth-order valence-corrected chi connectivity index (χ4v) is 14.3. The molecule has 14 rings (SSSR count). The summed E-state index contributed by atoms with van der Waals surface area (Å²) in [5.41, 5.74) is 15.2. The number of hydrogen-bond donors (Lipinski definition) is 0. The summed E-state index contributed by atoms with van der Waals surface area (Å²) in [5.74, 6) is 0. The smallest absolute Gasteiger partial charge is 0.166 e. The topological polar surface area (TPSA) is 0 Å². The first-order valence-corrected chi connectivity index (χ1v) is 24.3. The van der Waals surface area contributed by atoms with Crippen LogP contribution in [0.1, 0.15) is 55.6 Å². The van der Waals surface area contributed by atoms with E-state index in [2.05, 4.69) is 42.5 Å². The fourth-order valence-electron chi connectivity index (χ4n) is 14.3. The lowest BCUT2D eigenvalue weighted by molar-refractivity contribution is -0.138. The number of rotatable bonds is 2. The third-order valence-corrected chi connectivity index (χ3v) is 16.6. The van der Waals surface area contributed by atoms with Crippen molar-refractivity contribution >= 4 is 78.5 Å². The third kappa shape index (κ3) is 5.85. The van der Waals surface area contributed by atoms with Gasteiger partial charge in [0.05, 0.1) is 16.7 Å². The van der Waals surface area contributed by atoms with Crippen molar-refractivity contribution in [3.63, 3.8) is 0 Å². The molecular formula is C62H39B2F9. The standard InChI is InChI=1S/C62H39B2F9/c1-26-8-10-48-36(16-26)44-18-34(61(68,69)70)20-46-40-22-38(52-29(4)12-27(2)13-30(52)5)43-25-51-55-41(47-21-35(62(71,72)73)19-45-37-17-33(60(65,66)67)9-11-49(37)64(51)59(45)47)23-39(53-31(6)14-28(3)15-32(53)7)42-24-50(63(48)58(44)46)54(40)56(43)57(42)55/h8-25H,1-7H3. The second-order valence-corrected chi connectivity index (χ2v) is 21.2. The number of halogens is 9. The number of benzene rings is 10. The highest BCUT2D eigenvalue weighted by Crippen LogP contribution is 2.53. The maximum absolute atomic E-state index is 15.3. The van der Waals surface area contributed by atoms with Crippen LogP contribution in [-0.4, -0.2) is 13.4 Å². The summed E-state index contributed by atoms with van der Waals surface area (Å²) in [7, 11) is 0. The molecule has 4 aliphatic heterocycles. The van der Waals surface area contributed by atoms with E-state index in [0.717, 1.165) is 140 Å². The van der Waals surface area contributed by atoms with Gasteiger partial charge >= 0.3 is 18.5 Å². The molecular weight excluding hydrogens is 937 g/mol. The molecule has 0 aliphatic carbocycles. The van der Waals surface area contributed by atoms with Crippen molar-refractivity contribution in [1.82, 2.24) is 0 Å². The van der Waals surface area contributed by atoms with Gasteiger partial charge in [-0.05, 0) is 212 Å². The minimum Gasteiger partial charge on any atom is -0.166 e. The third-order valence-electron chi connectivity index (χ3n) is 16.6. The quantitative estimate of drug-likeness (QED) is 0.0920. The SMILES string of the molecule is Cc1cc(C)c(-c2cc3c4c(cc5c(-c6c(C)cc(C)cc6C)cc6c7c(cc2c4c57)B2c4ccc(C(F)(F)F)cc4-c4cc(C(F)(F)F)cc-6c42)B2c4ccc(C)cc4-c4cc(C(F)(F)F)cc-3c42)c(C)c1. The van der Waals surface area contributed by atoms with E-state index in [9.17, 15) is 13.2 Å². The van der Waals surface area contributed by atoms with Crippen LogP contribution in [0.2, 0.25) is 0 Å². The molecule has 0 amide bonds. The van der Waals surface area contributed by atoms with Crippen LogP contribution in [0.4, 0.5) is 39.5 Å². The maximum Gasteiger partial charge on any atom is 0.416 e. The van der Waals surface area contributed by atoms with Gasteiger partial charge in [0.25, 0.3) is 0 Å². The summed E-state index contributed by atoms with van der Waals surface area (Å²) in [6.45, 7) is 12.8. The number of hydrogen-bond acceptors (Lipinski definition) is 0. The first-order chi connectivity index (χ1) is 34.5. The molecule has 10 aromatic carbocycles. The molecule has 4 heterocycles. The Morgan fingerprint density at radius 1 is 0.288 bits per heavy atom. The van der Waals surface area contributed by atoms with Crippen molar-refractivity contribution in [3.8, 4) is 66.8 Å². The molecule has 0 unspecified atom stereocenters. The van der Waals surface area contributed by atoms with Gasteiger partial charge in [-0.2, -0.15) is 39.5 Å². The molecule has 0 fully saturated rings. The van der Waals surface area contributed by atoms with Gasteiger partial charge in [-0.1, -0.05) is 116 Å². The van der Waals surface area contributed by atoms with Crippen molar-refractivity contribution in [2.75, 3.05) is 0 Å². The Morgan fingerprint density at radius 3 is 1.04 bits per heavy atom. The summed E-state index contributed by atoms with van der Waals surface area (Å²) in [4.78, 5) is 0. The molecule has 0 nitrogen and oxygen atoms in total. The van der Waals surface area contributed by atoms with Crippen LogP contribution in [0, 0.1) is 48.5 Å². The molecule has 0 atom stereocenters. The van der Waals surface area contributed by atoms with Gasteiger partial charge in [-0.15, -0.1) is 0 Å². The number of fused-ring (bicyclic) bond motifs is 10. The highest BCUT2D eigenvalue weighted by atomic mass is 19.4. The molecule has 11 heteroatoms. The lowest BCUT2D eigenvalue weighted by Gasteiger charge is -2.33. The van der Waals surface area contributed by atoms with Gasteiger partial charge in [0.2, 0.25) is 13.4 Å². The Bertz CT molecular complexity index is 4140. The summed E-state index contributed by atoms with van der Waals surface area (Å²) in [6, 6.07) is 30.9. The van der Waals surface area contributed by atoms with Crippen molar-refractivity contribution in [2.45, 2.75) is 67.0 Å². The summed E-state index contributed by atoms with van der Waals surface area (Å²) in [5, 5.41) is 4.63. The highest BCUT2D eigenvalue weighted by molar-refractivity contribution is 7.03. The van der Waals surface area contributed by atoms with Gasteiger partial charge in [0, 0.05) is 0 Å². The molecule has 0 aromatic heterocycles. The maximum atomic E-state index is 15.3. The molecule has 0 saturated heterocycles. The van der Waals surface area contributed by atoms with Gasteiger partial charge < -0.3 is 0 Å². The summed E-state index contributed by atoms with van der Waals surface area (Å²) in [6.07, 6.45) is -14.3. The van der Waals surface area contributed by atoms with E-state index in [0.29, 0.717) is 38.6 Å².